The number of rotatable bonds is 6. The fourth-order valence-corrected chi connectivity index (χ4v) is 2.55. The second-order valence-electron chi connectivity index (χ2n) is 6.45. The average Bonchev–Trinajstić information content (AvgIpc) is 3.13. The van der Waals surface area contributed by atoms with E-state index in [1.807, 2.05) is 37.3 Å². The number of benzene rings is 1. The number of nitrogens with one attached hydrogen (secondary N) is 2. The van der Waals surface area contributed by atoms with E-state index in [1.165, 1.54) is 0 Å². The van der Waals surface area contributed by atoms with Crippen LogP contribution in [-0.4, -0.2) is 36.9 Å². The predicted molar refractivity (Wildman–Crippen MR) is 115 cm³/mol. The van der Waals surface area contributed by atoms with Gasteiger partial charge in [0.2, 0.25) is 0 Å². The molecule has 0 radical (unpaired) electrons. The van der Waals surface area contributed by atoms with Crippen molar-refractivity contribution < 1.29 is 14.0 Å². The molecule has 148 valence electrons. The molecule has 1 aliphatic heterocycles. The molecule has 27 heavy (non-hydrogen) atoms. The largest absolute Gasteiger partial charge is 0.486 e. The van der Waals surface area contributed by atoms with E-state index in [-0.39, 0.29) is 30.1 Å². The fraction of sp³-hybridized carbons (Fsp3) is 0.474. The van der Waals surface area contributed by atoms with E-state index in [9.17, 15) is 0 Å². The Kier molecular flexibility index (Phi) is 8.21. The summed E-state index contributed by atoms with van der Waals surface area (Å²) in [7, 11) is 0. The van der Waals surface area contributed by atoms with Gasteiger partial charge in [0.15, 0.2) is 23.2 Å². The first kappa shape index (κ1) is 21.3. The van der Waals surface area contributed by atoms with Crippen LogP contribution in [0.2, 0.25) is 0 Å². The lowest BCUT2D eigenvalue weighted by Gasteiger charge is -2.27. The maximum Gasteiger partial charge on any atom is 0.191 e. The first-order valence-electron chi connectivity index (χ1n) is 9.02. The summed E-state index contributed by atoms with van der Waals surface area (Å²) in [4.78, 5) is 4.55. The summed E-state index contributed by atoms with van der Waals surface area (Å²) in [6.07, 6.45) is -0.0772. The van der Waals surface area contributed by atoms with E-state index in [4.69, 9.17) is 14.0 Å². The molecule has 2 heterocycles. The SMILES string of the molecule is CCNC(=NCc1cc(C(C)C)no1)NCC1COc2ccccc2O1.I. The van der Waals surface area contributed by atoms with Crippen LogP contribution in [-0.2, 0) is 6.54 Å². The molecule has 0 saturated heterocycles. The molecule has 2 aromatic rings. The van der Waals surface area contributed by atoms with Crippen molar-refractivity contribution in [3.05, 3.63) is 41.8 Å². The van der Waals surface area contributed by atoms with Gasteiger partial charge < -0.3 is 24.6 Å². The van der Waals surface area contributed by atoms with Crippen LogP contribution >= 0.6 is 24.0 Å². The predicted octanol–water partition coefficient (Wildman–Crippen LogP) is 3.31. The van der Waals surface area contributed by atoms with Gasteiger partial charge in [-0.1, -0.05) is 31.1 Å². The van der Waals surface area contributed by atoms with Gasteiger partial charge in [-0.3, -0.25) is 0 Å². The minimum absolute atomic E-state index is 0. The number of aromatic nitrogens is 1. The highest BCUT2D eigenvalue weighted by atomic mass is 127. The number of aliphatic imine (C=N–C) groups is 1. The quantitative estimate of drug-likeness (QED) is 0.371. The van der Waals surface area contributed by atoms with Gasteiger partial charge in [-0.2, -0.15) is 0 Å². The van der Waals surface area contributed by atoms with Gasteiger partial charge >= 0.3 is 0 Å². The molecule has 1 aromatic heterocycles. The number of fused-ring (bicyclic) bond motifs is 1. The summed E-state index contributed by atoms with van der Waals surface area (Å²) in [6, 6.07) is 9.65. The third-order valence-corrected chi connectivity index (χ3v) is 3.97. The van der Waals surface area contributed by atoms with Crippen LogP contribution in [0.1, 0.15) is 38.1 Å². The van der Waals surface area contributed by atoms with Crippen LogP contribution in [0.5, 0.6) is 11.5 Å². The van der Waals surface area contributed by atoms with Crippen LogP contribution in [0.15, 0.2) is 39.8 Å². The first-order valence-corrected chi connectivity index (χ1v) is 9.02. The Bertz CT molecular complexity index is 748. The smallest absolute Gasteiger partial charge is 0.191 e. The number of halogens is 1. The molecule has 1 aliphatic rings. The zero-order valence-electron chi connectivity index (χ0n) is 15.9. The van der Waals surface area contributed by atoms with Crippen molar-refractivity contribution in [3.63, 3.8) is 0 Å². The summed E-state index contributed by atoms with van der Waals surface area (Å²) in [5.74, 6) is 3.36. The molecule has 0 bridgehead atoms. The summed E-state index contributed by atoms with van der Waals surface area (Å²) >= 11 is 0. The topological polar surface area (TPSA) is 80.9 Å². The number of nitrogens with zero attached hydrogens (tertiary/aromatic N) is 2. The average molecular weight is 486 g/mol. The Hall–Kier alpha value is -1.97. The molecular formula is C19H27IN4O3. The highest BCUT2D eigenvalue weighted by Crippen LogP contribution is 2.30. The molecule has 2 N–H and O–H groups in total. The summed E-state index contributed by atoms with van der Waals surface area (Å²) in [5, 5.41) is 10.6. The molecule has 8 heteroatoms. The van der Waals surface area contributed by atoms with E-state index >= 15 is 0 Å². The fourth-order valence-electron chi connectivity index (χ4n) is 2.55. The Morgan fingerprint density at radius 3 is 2.74 bits per heavy atom. The molecule has 1 aromatic carbocycles. The van der Waals surface area contributed by atoms with Crippen molar-refractivity contribution in [2.24, 2.45) is 4.99 Å². The molecule has 3 rings (SSSR count). The van der Waals surface area contributed by atoms with Gasteiger partial charge in [-0.15, -0.1) is 24.0 Å². The summed E-state index contributed by atoms with van der Waals surface area (Å²) in [5.41, 5.74) is 0.944. The van der Waals surface area contributed by atoms with Crippen molar-refractivity contribution in [1.82, 2.24) is 15.8 Å². The van der Waals surface area contributed by atoms with Crippen molar-refractivity contribution >= 4 is 29.9 Å². The van der Waals surface area contributed by atoms with Gasteiger partial charge in [0.25, 0.3) is 0 Å². The molecule has 0 saturated carbocycles. The van der Waals surface area contributed by atoms with Gasteiger partial charge in [0, 0.05) is 12.6 Å². The second-order valence-corrected chi connectivity index (χ2v) is 6.45. The third kappa shape index (κ3) is 6.02. The molecular weight excluding hydrogens is 459 g/mol. The third-order valence-electron chi connectivity index (χ3n) is 3.97. The Morgan fingerprint density at radius 2 is 2.04 bits per heavy atom. The lowest BCUT2D eigenvalue weighted by atomic mass is 10.1. The van der Waals surface area contributed by atoms with Gasteiger partial charge in [-0.05, 0) is 25.0 Å². The standard InChI is InChI=1S/C19H26N4O3.HI/c1-4-20-19(21-10-14-9-16(13(2)3)23-26-14)22-11-15-12-24-17-7-5-6-8-18(17)25-15;/h5-9,13,15H,4,10-12H2,1-3H3,(H2,20,21,22);1H. The monoisotopic (exact) mass is 486 g/mol. The number of guanidine groups is 1. The molecule has 1 unspecified atom stereocenters. The zero-order valence-corrected chi connectivity index (χ0v) is 18.2. The minimum Gasteiger partial charge on any atom is -0.486 e. The van der Waals surface area contributed by atoms with Gasteiger partial charge in [0.1, 0.15) is 19.3 Å². The van der Waals surface area contributed by atoms with Crippen LogP contribution in [0.3, 0.4) is 0 Å². The summed E-state index contributed by atoms with van der Waals surface area (Å²) < 4.78 is 17.0. The normalized spacial score (nSPS) is 16.0. The summed E-state index contributed by atoms with van der Waals surface area (Å²) in [6.45, 7) is 8.49. The highest BCUT2D eigenvalue weighted by Gasteiger charge is 2.20. The van der Waals surface area contributed by atoms with E-state index in [2.05, 4.69) is 34.6 Å². The first-order chi connectivity index (χ1) is 12.7. The second kappa shape index (κ2) is 10.4. The van der Waals surface area contributed by atoms with Crippen molar-refractivity contribution in [2.45, 2.75) is 39.3 Å². The maximum atomic E-state index is 5.95. The van der Waals surface area contributed by atoms with Crippen LogP contribution in [0.25, 0.3) is 0 Å². The molecule has 7 nitrogen and oxygen atoms in total. The van der Waals surface area contributed by atoms with Crippen LogP contribution < -0.4 is 20.1 Å². The lowest BCUT2D eigenvalue weighted by molar-refractivity contribution is 0.0936. The van der Waals surface area contributed by atoms with E-state index in [1.54, 1.807) is 0 Å². The molecule has 0 spiro atoms. The number of hydrogen-bond donors (Lipinski definition) is 2. The molecule has 0 fully saturated rings. The van der Waals surface area contributed by atoms with E-state index in [0.717, 1.165) is 29.5 Å². The van der Waals surface area contributed by atoms with Crippen LogP contribution in [0, 0.1) is 0 Å². The molecule has 1 atom stereocenters. The number of para-hydroxylation sites is 2. The van der Waals surface area contributed by atoms with Gasteiger partial charge in [-0.25, -0.2) is 4.99 Å². The van der Waals surface area contributed by atoms with Crippen molar-refractivity contribution in [2.75, 3.05) is 19.7 Å². The molecule has 0 aliphatic carbocycles. The highest BCUT2D eigenvalue weighted by molar-refractivity contribution is 14.0. The Balaban J connectivity index is 0.00000261. The lowest BCUT2D eigenvalue weighted by Crippen LogP contribution is -2.45. The van der Waals surface area contributed by atoms with E-state index < -0.39 is 0 Å². The van der Waals surface area contributed by atoms with Gasteiger partial charge in [0.05, 0.1) is 12.2 Å². The van der Waals surface area contributed by atoms with Crippen molar-refractivity contribution in [3.8, 4) is 11.5 Å². The van der Waals surface area contributed by atoms with E-state index in [0.29, 0.717) is 31.6 Å². The Labute approximate surface area is 176 Å². The zero-order chi connectivity index (χ0) is 18.4. The Morgan fingerprint density at radius 1 is 1.26 bits per heavy atom. The van der Waals surface area contributed by atoms with Crippen LogP contribution in [0.4, 0.5) is 0 Å². The number of ether oxygens (including phenoxy) is 2. The van der Waals surface area contributed by atoms with Crippen molar-refractivity contribution in [1.29, 1.82) is 0 Å². The minimum atomic E-state index is -0.0772. The molecule has 0 amide bonds. The number of hydrogen-bond acceptors (Lipinski definition) is 5. The maximum absolute atomic E-state index is 5.95.